The lowest BCUT2D eigenvalue weighted by Gasteiger charge is -2.10. The van der Waals surface area contributed by atoms with Crippen molar-refractivity contribution in [3.05, 3.63) is 36.0 Å². The van der Waals surface area contributed by atoms with Gasteiger partial charge in [-0.1, -0.05) is 28.1 Å². The van der Waals surface area contributed by atoms with Crippen LogP contribution in [0.4, 0.5) is 0 Å². The summed E-state index contributed by atoms with van der Waals surface area (Å²) in [5.74, 6) is -0.250. The molecule has 0 saturated heterocycles. The minimum atomic E-state index is -0.316. The van der Waals surface area contributed by atoms with Gasteiger partial charge in [0, 0.05) is 18.3 Å². The molecule has 1 heterocycles. The third-order valence-corrected chi connectivity index (χ3v) is 3.41. The van der Waals surface area contributed by atoms with Crippen molar-refractivity contribution in [1.82, 2.24) is 4.57 Å². The van der Waals surface area contributed by atoms with Crippen LogP contribution in [-0.4, -0.2) is 22.5 Å². The number of carbonyl (C=O) groups is 1. The zero-order valence-electron chi connectivity index (χ0n) is 9.81. The number of hydrogen-bond donors (Lipinski definition) is 0. The predicted molar refractivity (Wildman–Crippen MR) is 71.4 cm³/mol. The highest BCUT2D eigenvalue weighted by atomic mass is 79.9. The van der Waals surface area contributed by atoms with Crippen LogP contribution < -0.4 is 0 Å². The van der Waals surface area contributed by atoms with Gasteiger partial charge in [0.15, 0.2) is 0 Å². The fourth-order valence-electron chi connectivity index (χ4n) is 1.83. The number of ether oxygens (including phenoxy) is 1. The van der Waals surface area contributed by atoms with Crippen molar-refractivity contribution in [1.29, 1.82) is 0 Å². The summed E-state index contributed by atoms with van der Waals surface area (Å²) in [5, 5.41) is 1.18. The van der Waals surface area contributed by atoms with Crippen LogP contribution in [0.3, 0.4) is 0 Å². The molecule has 0 amide bonds. The Hall–Kier alpha value is -1.29. The molecule has 90 valence electrons. The van der Waals surface area contributed by atoms with E-state index in [0.717, 1.165) is 5.52 Å². The molecule has 1 aromatic heterocycles. The van der Waals surface area contributed by atoms with E-state index in [-0.39, 0.29) is 10.8 Å². The van der Waals surface area contributed by atoms with Crippen molar-refractivity contribution < 1.29 is 9.53 Å². The molecule has 1 aromatic carbocycles. The Morgan fingerprint density at radius 2 is 2.24 bits per heavy atom. The second-order valence-electron chi connectivity index (χ2n) is 4.02. The van der Waals surface area contributed by atoms with Crippen LogP contribution in [0.5, 0.6) is 0 Å². The van der Waals surface area contributed by atoms with E-state index in [0.29, 0.717) is 6.54 Å². The summed E-state index contributed by atoms with van der Waals surface area (Å²) in [6.07, 6.45) is 1.99. The Morgan fingerprint density at radius 1 is 1.47 bits per heavy atom. The van der Waals surface area contributed by atoms with E-state index in [9.17, 15) is 4.79 Å². The predicted octanol–water partition coefficient (Wildman–Crippen LogP) is 2.89. The van der Waals surface area contributed by atoms with E-state index in [2.05, 4.69) is 45.6 Å². The van der Waals surface area contributed by atoms with Crippen molar-refractivity contribution in [2.75, 3.05) is 7.11 Å². The van der Waals surface area contributed by atoms with Crippen LogP contribution >= 0.6 is 15.9 Å². The first-order valence-corrected chi connectivity index (χ1v) is 6.31. The maximum atomic E-state index is 11.4. The number of fused-ring (bicyclic) bond motifs is 1. The number of nitrogens with zero attached hydrogens (tertiary/aromatic N) is 1. The van der Waals surface area contributed by atoms with E-state index < -0.39 is 0 Å². The number of aryl methyl sites for hydroxylation is 1. The molecule has 17 heavy (non-hydrogen) atoms. The number of aromatic nitrogens is 1. The smallest absolute Gasteiger partial charge is 0.321 e. The lowest BCUT2D eigenvalue weighted by molar-refractivity contribution is -0.140. The summed E-state index contributed by atoms with van der Waals surface area (Å²) in [6.45, 7) is 2.63. The molecule has 0 radical (unpaired) electrons. The van der Waals surface area contributed by atoms with E-state index in [4.69, 9.17) is 4.74 Å². The number of methoxy groups -OCH3 is 1. The molecule has 1 unspecified atom stereocenters. The average molecular weight is 296 g/mol. The average Bonchev–Trinajstić information content (AvgIpc) is 2.71. The summed E-state index contributed by atoms with van der Waals surface area (Å²) in [5.41, 5.74) is 2.35. The number of alkyl halides is 1. The number of carbonyl (C=O) groups excluding carboxylic acids is 1. The van der Waals surface area contributed by atoms with Crippen LogP contribution in [0.1, 0.15) is 5.56 Å². The van der Waals surface area contributed by atoms with Crippen LogP contribution in [0.15, 0.2) is 30.5 Å². The van der Waals surface area contributed by atoms with Gasteiger partial charge in [-0.25, -0.2) is 0 Å². The zero-order chi connectivity index (χ0) is 12.4. The second kappa shape index (κ2) is 4.92. The molecule has 0 saturated carbocycles. The minimum Gasteiger partial charge on any atom is -0.468 e. The van der Waals surface area contributed by atoms with Gasteiger partial charge in [0.25, 0.3) is 0 Å². The number of esters is 1. The van der Waals surface area contributed by atoms with Crippen molar-refractivity contribution in [3.8, 4) is 0 Å². The van der Waals surface area contributed by atoms with Crippen molar-refractivity contribution >= 4 is 32.8 Å². The molecule has 1 atom stereocenters. The minimum absolute atomic E-state index is 0.250. The highest BCUT2D eigenvalue weighted by Gasteiger charge is 2.16. The maximum Gasteiger partial charge on any atom is 0.321 e. The molecule has 0 spiro atoms. The third kappa shape index (κ3) is 2.52. The monoisotopic (exact) mass is 295 g/mol. The number of halogens is 1. The fourth-order valence-corrected chi connectivity index (χ4v) is 2.33. The van der Waals surface area contributed by atoms with E-state index in [1.54, 1.807) is 0 Å². The molecule has 0 aliphatic rings. The van der Waals surface area contributed by atoms with Gasteiger partial charge < -0.3 is 9.30 Å². The third-order valence-electron chi connectivity index (χ3n) is 2.74. The second-order valence-corrected chi connectivity index (χ2v) is 5.13. The zero-order valence-corrected chi connectivity index (χ0v) is 11.4. The van der Waals surface area contributed by atoms with Gasteiger partial charge in [0.1, 0.15) is 4.83 Å². The fraction of sp³-hybridized carbons (Fsp3) is 0.308. The first-order chi connectivity index (χ1) is 8.11. The summed E-state index contributed by atoms with van der Waals surface area (Å²) >= 11 is 3.33. The van der Waals surface area contributed by atoms with E-state index in [1.807, 2.05) is 12.3 Å². The first-order valence-electron chi connectivity index (χ1n) is 5.39. The number of rotatable bonds is 3. The van der Waals surface area contributed by atoms with Gasteiger partial charge >= 0.3 is 5.97 Å². The van der Waals surface area contributed by atoms with Crippen LogP contribution in [-0.2, 0) is 16.1 Å². The Morgan fingerprint density at radius 3 is 2.94 bits per heavy atom. The van der Waals surface area contributed by atoms with Gasteiger partial charge in [-0.3, -0.25) is 4.79 Å². The Kier molecular flexibility index (Phi) is 3.52. The summed E-state index contributed by atoms with van der Waals surface area (Å²) in [6, 6.07) is 8.33. The quantitative estimate of drug-likeness (QED) is 0.644. The van der Waals surface area contributed by atoms with Crippen LogP contribution in [0, 0.1) is 6.92 Å². The standard InChI is InChI=1S/C13H14BrNO2/c1-9-3-4-10-5-6-15(12(10)7-9)8-11(14)13(16)17-2/h3-7,11H,8H2,1-2H3. The SMILES string of the molecule is COC(=O)C(Br)Cn1ccc2ccc(C)cc21. The molecule has 0 aliphatic carbocycles. The molecule has 2 aromatic rings. The summed E-state index contributed by atoms with van der Waals surface area (Å²) in [4.78, 5) is 11.0. The van der Waals surface area contributed by atoms with Crippen LogP contribution in [0.2, 0.25) is 0 Å². The molecule has 0 fully saturated rings. The number of benzene rings is 1. The van der Waals surface area contributed by atoms with E-state index >= 15 is 0 Å². The highest BCUT2D eigenvalue weighted by molar-refractivity contribution is 9.10. The van der Waals surface area contributed by atoms with Gasteiger partial charge in [-0.05, 0) is 30.0 Å². The molecule has 4 heteroatoms. The molecular formula is C13H14BrNO2. The molecular weight excluding hydrogens is 282 g/mol. The normalized spacial score (nSPS) is 12.6. The summed E-state index contributed by atoms with van der Waals surface area (Å²) < 4.78 is 6.75. The van der Waals surface area contributed by atoms with Crippen molar-refractivity contribution in [2.24, 2.45) is 0 Å². The van der Waals surface area contributed by atoms with Crippen molar-refractivity contribution in [2.45, 2.75) is 18.3 Å². The van der Waals surface area contributed by atoms with Gasteiger partial charge in [-0.2, -0.15) is 0 Å². The topological polar surface area (TPSA) is 31.2 Å². The van der Waals surface area contributed by atoms with Gasteiger partial charge in [0.2, 0.25) is 0 Å². The Balaban J connectivity index is 2.30. The molecule has 2 rings (SSSR count). The molecule has 0 bridgehead atoms. The molecule has 3 nitrogen and oxygen atoms in total. The van der Waals surface area contributed by atoms with Gasteiger partial charge in [-0.15, -0.1) is 0 Å². The Labute approximate surface area is 108 Å². The largest absolute Gasteiger partial charge is 0.468 e. The van der Waals surface area contributed by atoms with Crippen LogP contribution in [0.25, 0.3) is 10.9 Å². The summed E-state index contributed by atoms with van der Waals surface area (Å²) in [7, 11) is 1.40. The molecule has 0 aliphatic heterocycles. The van der Waals surface area contributed by atoms with Crippen molar-refractivity contribution in [3.63, 3.8) is 0 Å². The highest BCUT2D eigenvalue weighted by Crippen LogP contribution is 2.19. The first kappa shape index (κ1) is 12.2. The lowest BCUT2D eigenvalue weighted by Crippen LogP contribution is -2.21. The van der Waals surface area contributed by atoms with Gasteiger partial charge in [0.05, 0.1) is 7.11 Å². The number of hydrogen-bond acceptors (Lipinski definition) is 2. The Bertz CT molecular complexity index is 547. The maximum absolute atomic E-state index is 11.4. The van der Waals surface area contributed by atoms with E-state index in [1.165, 1.54) is 18.1 Å². The lowest BCUT2D eigenvalue weighted by atomic mass is 10.2. The molecule has 0 N–H and O–H groups in total.